The van der Waals surface area contributed by atoms with Crippen molar-refractivity contribution in [3.63, 3.8) is 0 Å². The molecule has 1 aromatic carbocycles. The van der Waals surface area contributed by atoms with E-state index in [0.717, 1.165) is 6.29 Å². The topological polar surface area (TPSA) is 17.1 Å². The fourth-order valence-electron chi connectivity index (χ4n) is 0.481. The molecule has 0 aliphatic heterocycles. The standard InChI is InChI=1S/C7H5O.Y/c8-6-7-4-2-1-3-5-7;/h1-4,6H;/q-1;+3. The van der Waals surface area contributed by atoms with Gasteiger partial charge in [0.15, 0.2) is 0 Å². The molecule has 0 radical (unpaired) electrons. The predicted octanol–water partition coefficient (Wildman–Crippen LogP) is 1.30. The van der Waals surface area contributed by atoms with Gasteiger partial charge in [-0.25, -0.2) is 0 Å². The molecule has 0 aromatic heterocycles. The number of benzene rings is 1. The van der Waals surface area contributed by atoms with Gasteiger partial charge in [-0.3, -0.25) is 0 Å². The first-order valence-electron chi connectivity index (χ1n) is 2.35. The molecule has 0 spiro atoms. The minimum atomic E-state index is 0. The third-order valence-electron chi connectivity index (χ3n) is 0.860. The van der Waals surface area contributed by atoms with E-state index in [9.17, 15) is 4.79 Å². The van der Waals surface area contributed by atoms with Gasteiger partial charge >= 0.3 is 32.7 Å². The van der Waals surface area contributed by atoms with Gasteiger partial charge in [0.05, 0.1) is 6.29 Å². The molecule has 0 amide bonds. The van der Waals surface area contributed by atoms with Gasteiger partial charge < -0.3 is 4.79 Å². The molecule has 1 rings (SSSR count). The molecule has 0 bridgehead atoms. The number of rotatable bonds is 1. The van der Waals surface area contributed by atoms with E-state index in [-0.39, 0.29) is 32.7 Å². The van der Waals surface area contributed by atoms with Gasteiger partial charge in [0, 0.05) is 0 Å². The monoisotopic (exact) mass is 194 g/mol. The van der Waals surface area contributed by atoms with Gasteiger partial charge in [-0.05, 0) is 0 Å². The van der Waals surface area contributed by atoms with Crippen LogP contribution in [0.4, 0.5) is 0 Å². The van der Waals surface area contributed by atoms with Crippen molar-refractivity contribution in [3.8, 4) is 0 Å². The van der Waals surface area contributed by atoms with Crippen LogP contribution in [0.1, 0.15) is 10.4 Å². The molecule has 40 valence electrons. The molecule has 0 unspecified atom stereocenters. The van der Waals surface area contributed by atoms with E-state index < -0.39 is 0 Å². The fourth-order valence-corrected chi connectivity index (χ4v) is 0.481. The van der Waals surface area contributed by atoms with Crippen LogP contribution in [0.2, 0.25) is 0 Å². The van der Waals surface area contributed by atoms with Crippen molar-refractivity contribution >= 4 is 6.29 Å². The second-order valence-corrected chi connectivity index (χ2v) is 1.44. The summed E-state index contributed by atoms with van der Waals surface area (Å²) < 4.78 is 0. The first-order chi connectivity index (χ1) is 3.93. The van der Waals surface area contributed by atoms with Crippen LogP contribution in [0.25, 0.3) is 0 Å². The van der Waals surface area contributed by atoms with Gasteiger partial charge in [-0.15, -0.1) is 35.9 Å². The Morgan fingerprint density at radius 1 is 1.44 bits per heavy atom. The third kappa shape index (κ3) is 2.88. The van der Waals surface area contributed by atoms with Gasteiger partial charge in [0.2, 0.25) is 0 Å². The van der Waals surface area contributed by atoms with Crippen LogP contribution in [0.5, 0.6) is 0 Å². The van der Waals surface area contributed by atoms with E-state index in [4.69, 9.17) is 0 Å². The number of aldehydes is 1. The van der Waals surface area contributed by atoms with E-state index in [1.54, 1.807) is 18.2 Å². The molecule has 0 saturated heterocycles. The second-order valence-electron chi connectivity index (χ2n) is 1.44. The fraction of sp³-hybridized carbons (Fsp3) is 0. The zero-order valence-corrected chi connectivity index (χ0v) is 7.71. The average molecular weight is 194 g/mol. The van der Waals surface area contributed by atoms with Gasteiger partial charge in [0.1, 0.15) is 0 Å². The Labute approximate surface area is 79.3 Å². The van der Waals surface area contributed by atoms with E-state index in [1.165, 1.54) is 0 Å². The summed E-state index contributed by atoms with van der Waals surface area (Å²) in [5, 5.41) is 0. The van der Waals surface area contributed by atoms with Crippen LogP contribution in [-0.4, -0.2) is 6.29 Å². The van der Waals surface area contributed by atoms with E-state index in [2.05, 4.69) is 6.07 Å². The van der Waals surface area contributed by atoms with Crippen LogP contribution in [0.15, 0.2) is 24.3 Å². The third-order valence-corrected chi connectivity index (χ3v) is 0.860. The zero-order valence-electron chi connectivity index (χ0n) is 4.87. The Morgan fingerprint density at radius 2 is 2.22 bits per heavy atom. The van der Waals surface area contributed by atoms with Crippen LogP contribution in [-0.2, 0) is 32.7 Å². The Hall–Kier alpha value is -0.00610. The van der Waals surface area contributed by atoms with Crippen molar-refractivity contribution in [2.24, 2.45) is 0 Å². The van der Waals surface area contributed by atoms with Crippen molar-refractivity contribution in [1.29, 1.82) is 0 Å². The largest absolute Gasteiger partial charge is 3.00 e. The molecule has 2 heteroatoms. The molecule has 1 aromatic rings. The summed E-state index contributed by atoms with van der Waals surface area (Å²) >= 11 is 0. The molecular formula is C7H5OY+2. The maximum Gasteiger partial charge on any atom is 3.00 e. The summed E-state index contributed by atoms with van der Waals surface area (Å²) in [6.07, 6.45) is 0.778. The van der Waals surface area contributed by atoms with Crippen LogP contribution >= 0.6 is 0 Å². The van der Waals surface area contributed by atoms with Crippen molar-refractivity contribution in [2.75, 3.05) is 0 Å². The molecular weight excluding hydrogens is 189 g/mol. The molecule has 0 saturated carbocycles. The quantitative estimate of drug-likeness (QED) is 0.486. The Kier molecular flexibility index (Phi) is 4.83. The smallest absolute Gasteiger partial charge is 0.355 e. The van der Waals surface area contributed by atoms with Crippen molar-refractivity contribution < 1.29 is 37.5 Å². The summed E-state index contributed by atoms with van der Waals surface area (Å²) in [5.74, 6) is 0. The number of carbonyl (C=O) groups excluding carboxylic acids is 1. The van der Waals surface area contributed by atoms with Gasteiger partial charge in [-0.2, -0.15) is 0 Å². The molecule has 0 N–H and O–H groups in total. The van der Waals surface area contributed by atoms with E-state index >= 15 is 0 Å². The SMILES string of the molecule is O=Cc1[c-]cccc1.[Y+3]. The average Bonchev–Trinajstić information content (AvgIpc) is 1.90. The van der Waals surface area contributed by atoms with Crippen molar-refractivity contribution in [1.82, 2.24) is 0 Å². The van der Waals surface area contributed by atoms with Crippen molar-refractivity contribution in [2.45, 2.75) is 0 Å². The Morgan fingerprint density at radius 3 is 2.56 bits per heavy atom. The van der Waals surface area contributed by atoms with Crippen LogP contribution < -0.4 is 0 Å². The Bertz CT molecular complexity index is 172. The molecule has 0 fully saturated rings. The van der Waals surface area contributed by atoms with Crippen LogP contribution in [0.3, 0.4) is 0 Å². The molecule has 0 atom stereocenters. The first-order valence-corrected chi connectivity index (χ1v) is 2.35. The van der Waals surface area contributed by atoms with E-state index in [1.807, 2.05) is 6.07 Å². The first kappa shape index (κ1) is 8.99. The normalized spacial score (nSPS) is 7.56. The Balaban J connectivity index is 0.000000640. The molecule has 1 nitrogen and oxygen atoms in total. The van der Waals surface area contributed by atoms with Crippen molar-refractivity contribution in [3.05, 3.63) is 35.9 Å². The summed E-state index contributed by atoms with van der Waals surface area (Å²) in [7, 11) is 0. The molecule has 9 heavy (non-hydrogen) atoms. The summed E-state index contributed by atoms with van der Waals surface area (Å²) in [6.45, 7) is 0. The molecule has 0 heterocycles. The minimum Gasteiger partial charge on any atom is -0.355 e. The summed E-state index contributed by atoms with van der Waals surface area (Å²) in [4.78, 5) is 9.98. The van der Waals surface area contributed by atoms with E-state index in [0.29, 0.717) is 5.56 Å². The second kappa shape index (κ2) is 4.83. The summed E-state index contributed by atoms with van der Waals surface area (Å²) in [5.41, 5.74) is 0.604. The number of carbonyl (C=O) groups is 1. The molecule has 0 aliphatic rings. The molecule has 0 aliphatic carbocycles. The minimum absolute atomic E-state index is 0. The zero-order chi connectivity index (χ0) is 5.82. The number of hydrogen-bond donors (Lipinski definition) is 0. The maximum absolute atomic E-state index is 9.98. The predicted molar refractivity (Wildman–Crippen MR) is 30.7 cm³/mol. The van der Waals surface area contributed by atoms with Gasteiger partial charge in [0.25, 0.3) is 0 Å². The summed E-state index contributed by atoms with van der Waals surface area (Å²) in [6, 6.07) is 9.81. The maximum atomic E-state index is 9.98. The van der Waals surface area contributed by atoms with Crippen LogP contribution in [0, 0.1) is 6.07 Å². The van der Waals surface area contributed by atoms with Gasteiger partial charge in [-0.1, -0.05) is 0 Å². The number of hydrogen-bond acceptors (Lipinski definition) is 1.